The van der Waals surface area contributed by atoms with Crippen LogP contribution in [0.2, 0.25) is 0 Å². The molecule has 0 atom stereocenters. The highest BCUT2D eigenvalue weighted by atomic mass is 16.5. The largest absolute Gasteiger partial charge is 0.497 e. The van der Waals surface area contributed by atoms with Crippen LogP contribution in [0.25, 0.3) is 22.5 Å². The summed E-state index contributed by atoms with van der Waals surface area (Å²) in [6.07, 6.45) is 3.53. The maximum atomic E-state index is 12.5. The van der Waals surface area contributed by atoms with Gasteiger partial charge in [-0.05, 0) is 48.5 Å². The lowest BCUT2D eigenvalue weighted by atomic mass is 10.0. The number of nitrogens with zero attached hydrogens (tertiary/aromatic N) is 2. The number of para-hydroxylation sites is 1. The lowest BCUT2D eigenvalue weighted by Crippen LogP contribution is -2.19. The molecule has 0 saturated heterocycles. The molecule has 0 aliphatic rings. The van der Waals surface area contributed by atoms with Crippen molar-refractivity contribution in [3.63, 3.8) is 0 Å². The number of hydrogen-bond acceptors (Lipinski definition) is 4. The number of amides is 2. The van der Waals surface area contributed by atoms with Gasteiger partial charge < -0.3 is 15.4 Å². The van der Waals surface area contributed by atoms with E-state index in [0.29, 0.717) is 11.4 Å². The van der Waals surface area contributed by atoms with Gasteiger partial charge in [-0.15, -0.1) is 0 Å². The molecule has 4 rings (SSSR count). The van der Waals surface area contributed by atoms with E-state index < -0.39 is 0 Å². The molecule has 0 fully saturated rings. The van der Waals surface area contributed by atoms with Crippen LogP contribution in [0.1, 0.15) is 0 Å². The van der Waals surface area contributed by atoms with Crippen LogP contribution in [0.15, 0.2) is 91.3 Å². The molecular weight excluding hydrogens is 376 g/mol. The minimum atomic E-state index is -0.328. The van der Waals surface area contributed by atoms with Gasteiger partial charge in [-0.3, -0.25) is 9.97 Å². The Morgan fingerprint density at radius 1 is 0.800 bits per heavy atom. The molecule has 0 saturated carbocycles. The van der Waals surface area contributed by atoms with E-state index in [2.05, 4.69) is 20.6 Å². The van der Waals surface area contributed by atoms with Crippen molar-refractivity contribution in [3.8, 4) is 28.3 Å². The zero-order chi connectivity index (χ0) is 20.8. The Kier molecular flexibility index (Phi) is 5.66. The Labute approximate surface area is 174 Å². The number of pyridine rings is 2. The van der Waals surface area contributed by atoms with Crippen molar-refractivity contribution in [2.45, 2.75) is 0 Å². The van der Waals surface area contributed by atoms with Gasteiger partial charge in [0.05, 0.1) is 24.2 Å². The normalized spacial score (nSPS) is 10.3. The molecule has 0 unspecified atom stereocenters. The van der Waals surface area contributed by atoms with Gasteiger partial charge in [0.2, 0.25) is 0 Å². The Balaban J connectivity index is 1.51. The van der Waals surface area contributed by atoms with Crippen LogP contribution in [-0.4, -0.2) is 23.1 Å². The van der Waals surface area contributed by atoms with E-state index in [9.17, 15) is 4.79 Å². The van der Waals surface area contributed by atoms with E-state index in [0.717, 1.165) is 28.3 Å². The molecule has 0 spiro atoms. The zero-order valence-corrected chi connectivity index (χ0v) is 16.4. The molecule has 6 nitrogen and oxygen atoms in total. The second-order valence-corrected chi connectivity index (χ2v) is 6.50. The summed E-state index contributed by atoms with van der Waals surface area (Å²) in [7, 11) is 1.60. The van der Waals surface area contributed by atoms with E-state index in [4.69, 9.17) is 4.74 Å². The number of methoxy groups -OCH3 is 1. The van der Waals surface area contributed by atoms with Gasteiger partial charge in [-0.2, -0.15) is 0 Å². The number of hydrogen-bond donors (Lipinski definition) is 2. The third-order valence-corrected chi connectivity index (χ3v) is 4.52. The van der Waals surface area contributed by atoms with Crippen LogP contribution in [0.4, 0.5) is 16.2 Å². The van der Waals surface area contributed by atoms with Crippen molar-refractivity contribution < 1.29 is 9.53 Å². The molecule has 2 amide bonds. The second-order valence-electron chi connectivity index (χ2n) is 6.50. The highest BCUT2D eigenvalue weighted by Crippen LogP contribution is 2.28. The molecular formula is C24H20N4O2. The summed E-state index contributed by atoms with van der Waals surface area (Å²) in [5.41, 5.74) is 4.75. The molecule has 2 N–H and O–H groups in total. The van der Waals surface area contributed by atoms with Gasteiger partial charge in [0.25, 0.3) is 0 Å². The van der Waals surface area contributed by atoms with Gasteiger partial charge in [-0.25, -0.2) is 4.79 Å². The number of carbonyl (C=O) groups excluding carboxylic acids is 1. The fourth-order valence-electron chi connectivity index (χ4n) is 3.02. The quantitative estimate of drug-likeness (QED) is 0.469. The molecule has 4 aromatic rings. The molecule has 0 bridgehead atoms. The lowest BCUT2D eigenvalue weighted by molar-refractivity contribution is 0.262. The van der Waals surface area contributed by atoms with E-state index in [1.807, 2.05) is 54.6 Å². The van der Waals surface area contributed by atoms with Crippen LogP contribution in [0, 0.1) is 0 Å². The van der Waals surface area contributed by atoms with Crippen molar-refractivity contribution in [1.82, 2.24) is 9.97 Å². The molecule has 148 valence electrons. The summed E-state index contributed by atoms with van der Waals surface area (Å²) < 4.78 is 5.13. The first-order valence-electron chi connectivity index (χ1n) is 9.42. The summed E-state index contributed by atoms with van der Waals surface area (Å²) in [6, 6.07) is 24.0. The molecule has 0 aliphatic heterocycles. The van der Waals surface area contributed by atoms with Crippen LogP contribution < -0.4 is 15.4 Å². The fourth-order valence-corrected chi connectivity index (χ4v) is 3.02. The number of ether oxygens (including phenoxy) is 1. The van der Waals surface area contributed by atoms with Crippen molar-refractivity contribution in [1.29, 1.82) is 0 Å². The van der Waals surface area contributed by atoms with Gasteiger partial charge in [0.15, 0.2) is 0 Å². The summed E-state index contributed by atoms with van der Waals surface area (Å²) >= 11 is 0. The second kappa shape index (κ2) is 8.87. The monoisotopic (exact) mass is 396 g/mol. The predicted octanol–water partition coefficient (Wildman–Crippen LogP) is 5.46. The van der Waals surface area contributed by atoms with Crippen molar-refractivity contribution in [2.75, 3.05) is 17.7 Å². The summed E-state index contributed by atoms with van der Waals surface area (Å²) in [5.74, 6) is 0.730. The number of rotatable bonds is 5. The van der Waals surface area contributed by atoms with Crippen molar-refractivity contribution in [3.05, 3.63) is 91.3 Å². The number of aromatic nitrogens is 2. The van der Waals surface area contributed by atoms with E-state index in [-0.39, 0.29) is 6.03 Å². The minimum absolute atomic E-state index is 0.328. The van der Waals surface area contributed by atoms with Gasteiger partial charge >= 0.3 is 6.03 Å². The third kappa shape index (κ3) is 4.44. The van der Waals surface area contributed by atoms with Gasteiger partial charge in [0, 0.05) is 29.2 Å². The van der Waals surface area contributed by atoms with Gasteiger partial charge in [-0.1, -0.05) is 30.3 Å². The molecule has 0 radical (unpaired) electrons. The zero-order valence-electron chi connectivity index (χ0n) is 16.4. The molecule has 2 heterocycles. The van der Waals surface area contributed by atoms with Crippen LogP contribution >= 0.6 is 0 Å². The predicted molar refractivity (Wildman–Crippen MR) is 119 cm³/mol. The van der Waals surface area contributed by atoms with Crippen molar-refractivity contribution in [2.24, 2.45) is 0 Å². The van der Waals surface area contributed by atoms with E-state index in [1.54, 1.807) is 43.8 Å². The Morgan fingerprint density at radius 2 is 1.57 bits per heavy atom. The first kappa shape index (κ1) is 19.1. The lowest BCUT2D eigenvalue weighted by Gasteiger charge is -2.12. The number of carbonyl (C=O) groups is 1. The minimum Gasteiger partial charge on any atom is -0.497 e. The van der Waals surface area contributed by atoms with E-state index in [1.165, 1.54) is 0 Å². The summed E-state index contributed by atoms with van der Waals surface area (Å²) in [4.78, 5) is 21.3. The molecule has 6 heteroatoms. The van der Waals surface area contributed by atoms with Crippen LogP contribution in [0.3, 0.4) is 0 Å². The Hall–Kier alpha value is -4.19. The smallest absolute Gasteiger partial charge is 0.323 e. The molecule has 0 aliphatic carbocycles. The molecule has 2 aromatic carbocycles. The maximum absolute atomic E-state index is 12.5. The standard InChI is InChI=1S/C24H20N4O2/c1-30-19-12-10-18(11-13-19)27-24(29)28-21-7-3-2-6-20(21)17-9-14-23(26-16-17)22-8-4-5-15-25-22/h2-16H,1H3,(H2,27,28,29). The van der Waals surface area contributed by atoms with Crippen LogP contribution in [0.5, 0.6) is 5.75 Å². The number of benzene rings is 2. The first-order valence-corrected chi connectivity index (χ1v) is 9.42. The average Bonchev–Trinajstić information content (AvgIpc) is 2.81. The molecule has 2 aromatic heterocycles. The van der Waals surface area contributed by atoms with E-state index >= 15 is 0 Å². The van der Waals surface area contributed by atoms with Crippen molar-refractivity contribution >= 4 is 17.4 Å². The Morgan fingerprint density at radius 3 is 2.27 bits per heavy atom. The fraction of sp³-hybridized carbons (Fsp3) is 0.0417. The third-order valence-electron chi connectivity index (χ3n) is 4.52. The topological polar surface area (TPSA) is 76.1 Å². The highest BCUT2D eigenvalue weighted by Gasteiger charge is 2.10. The van der Waals surface area contributed by atoms with Gasteiger partial charge in [0.1, 0.15) is 5.75 Å². The average molecular weight is 396 g/mol. The van der Waals surface area contributed by atoms with Crippen LogP contribution in [-0.2, 0) is 0 Å². The summed E-state index contributed by atoms with van der Waals surface area (Å²) in [6.45, 7) is 0. The highest BCUT2D eigenvalue weighted by molar-refractivity contribution is 6.02. The molecule has 30 heavy (non-hydrogen) atoms. The summed E-state index contributed by atoms with van der Waals surface area (Å²) in [5, 5.41) is 5.73. The number of anilines is 2. The SMILES string of the molecule is COc1ccc(NC(=O)Nc2ccccc2-c2ccc(-c3ccccn3)nc2)cc1. The first-order chi connectivity index (χ1) is 14.7. The Bertz CT molecular complexity index is 1130. The number of urea groups is 1. The number of nitrogens with one attached hydrogen (secondary N) is 2. The maximum Gasteiger partial charge on any atom is 0.323 e.